The Labute approximate surface area is 119 Å². The molecule has 18 heavy (non-hydrogen) atoms. The monoisotopic (exact) mass is 323 g/mol. The maximum atomic E-state index is 9.50. The molecule has 0 saturated carbocycles. The summed E-state index contributed by atoms with van der Waals surface area (Å²) in [4.78, 5) is 1.48. The lowest BCUT2D eigenvalue weighted by atomic mass is 9.94. The van der Waals surface area contributed by atoms with Gasteiger partial charge in [0.1, 0.15) is 5.75 Å². The fourth-order valence-corrected chi connectivity index (χ4v) is 4.29. The molecule has 94 valence electrons. The summed E-state index contributed by atoms with van der Waals surface area (Å²) in [5.74, 6) is 0.308. The van der Waals surface area contributed by atoms with E-state index in [1.54, 1.807) is 12.1 Å². The molecule has 1 unspecified atom stereocenters. The van der Waals surface area contributed by atoms with Crippen LogP contribution in [-0.4, -0.2) is 5.11 Å². The van der Waals surface area contributed by atoms with Gasteiger partial charge in [-0.2, -0.15) is 0 Å². The van der Waals surface area contributed by atoms with E-state index in [0.29, 0.717) is 11.8 Å². The van der Waals surface area contributed by atoms with Crippen LogP contribution >= 0.6 is 27.3 Å². The van der Waals surface area contributed by atoms with Gasteiger partial charge in [0.25, 0.3) is 0 Å². The second-order valence-corrected chi connectivity index (χ2v) is 7.08. The van der Waals surface area contributed by atoms with Crippen LogP contribution in [0.3, 0.4) is 0 Å². The van der Waals surface area contributed by atoms with Crippen molar-refractivity contribution in [2.45, 2.75) is 25.3 Å². The number of aryl methyl sites for hydroxylation is 1. The highest BCUT2D eigenvalue weighted by molar-refractivity contribution is 9.11. The third kappa shape index (κ3) is 2.40. The quantitative estimate of drug-likeness (QED) is 0.839. The number of aromatic hydroxyl groups is 1. The number of benzene rings is 1. The van der Waals surface area contributed by atoms with Gasteiger partial charge in [0.05, 0.1) is 9.83 Å². The lowest BCUT2D eigenvalue weighted by Crippen LogP contribution is -2.15. The van der Waals surface area contributed by atoms with Crippen molar-refractivity contribution in [3.05, 3.63) is 44.6 Å². The Kier molecular flexibility index (Phi) is 3.31. The van der Waals surface area contributed by atoms with Crippen molar-refractivity contribution < 1.29 is 5.11 Å². The number of fused-ring (bicyclic) bond motifs is 1. The molecule has 1 aromatic heterocycles. The fraction of sp³-hybridized carbons (Fsp3) is 0.286. The first-order chi connectivity index (χ1) is 8.72. The predicted octanol–water partition coefficient (Wildman–Crippen LogP) is 4.71. The molecule has 2 N–H and O–H groups in total. The molecule has 1 aromatic carbocycles. The lowest BCUT2D eigenvalue weighted by Gasteiger charge is -2.24. The van der Waals surface area contributed by atoms with E-state index in [1.807, 2.05) is 23.5 Å². The minimum Gasteiger partial charge on any atom is -0.508 e. The Hall–Kier alpha value is -1.00. The number of nitrogens with one attached hydrogen (secondary N) is 1. The van der Waals surface area contributed by atoms with Gasteiger partial charge in [0, 0.05) is 16.6 Å². The maximum absolute atomic E-state index is 9.50. The van der Waals surface area contributed by atoms with Gasteiger partial charge in [0.2, 0.25) is 0 Å². The Bertz CT molecular complexity index is 567. The molecule has 0 spiro atoms. The van der Waals surface area contributed by atoms with Crippen LogP contribution in [0.5, 0.6) is 5.75 Å². The van der Waals surface area contributed by atoms with Gasteiger partial charge in [-0.05, 0) is 59.0 Å². The Morgan fingerprint density at radius 2 is 2.22 bits per heavy atom. The summed E-state index contributed by atoms with van der Waals surface area (Å²) in [7, 11) is 0. The zero-order valence-corrected chi connectivity index (χ0v) is 12.2. The first-order valence-electron chi connectivity index (χ1n) is 6.06. The SMILES string of the molecule is Oc1cccc(NC2CCCc3sc(Br)cc32)c1. The van der Waals surface area contributed by atoms with Gasteiger partial charge in [-0.3, -0.25) is 0 Å². The number of phenolic OH excluding ortho intramolecular Hbond substituents is 1. The Balaban J connectivity index is 1.86. The Morgan fingerprint density at radius 3 is 3.06 bits per heavy atom. The number of halogens is 1. The summed E-state index contributed by atoms with van der Waals surface area (Å²) >= 11 is 5.40. The maximum Gasteiger partial charge on any atom is 0.117 e. The molecule has 4 heteroatoms. The van der Waals surface area contributed by atoms with E-state index in [0.717, 1.165) is 12.1 Å². The summed E-state index contributed by atoms with van der Waals surface area (Å²) in [6, 6.07) is 9.91. The van der Waals surface area contributed by atoms with Gasteiger partial charge in [0.15, 0.2) is 0 Å². The van der Waals surface area contributed by atoms with Gasteiger partial charge in [-0.15, -0.1) is 11.3 Å². The summed E-state index contributed by atoms with van der Waals surface area (Å²) in [5, 5.41) is 13.0. The topological polar surface area (TPSA) is 32.3 Å². The van der Waals surface area contributed by atoms with Gasteiger partial charge < -0.3 is 10.4 Å². The van der Waals surface area contributed by atoms with E-state index < -0.39 is 0 Å². The molecule has 0 bridgehead atoms. The second kappa shape index (κ2) is 4.94. The van der Waals surface area contributed by atoms with Crippen molar-refractivity contribution in [1.82, 2.24) is 0 Å². The molecular formula is C14H14BrNOS. The summed E-state index contributed by atoms with van der Waals surface area (Å²) in [5.41, 5.74) is 2.39. The van der Waals surface area contributed by atoms with Crippen LogP contribution in [0.15, 0.2) is 34.1 Å². The van der Waals surface area contributed by atoms with Crippen molar-refractivity contribution in [3.63, 3.8) is 0 Å². The van der Waals surface area contributed by atoms with Gasteiger partial charge in [-0.1, -0.05) is 6.07 Å². The third-order valence-corrected chi connectivity index (χ3v) is 4.98. The number of thiophene rings is 1. The largest absolute Gasteiger partial charge is 0.508 e. The van der Waals surface area contributed by atoms with Crippen molar-refractivity contribution in [2.75, 3.05) is 5.32 Å². The molecule has 2 aromatic rings. The predicted molar refractivity (Wildman–Crippen MR) is 79.4 cm³/mol. The molecule has 0 fully saturated rings. The number of phenols is 1. The van der Waals surface area contributed by atoms with Gasteiger partial charge in [-0.25, -0.2) is 0 Å². The Morgan fingerprint density at radius 1 is 1.33 bits per heavy atom. The minimum absolute atomic E-state index is 0.308. The van der Waals surface area contributed by atoms with Crippen LogP contribution < -0.4 is 5.32 Å². The minimum atomic E-state index is 0.308. The lowest BCUT2D eigenvalue weighted by molar-refractivity contribution is 0.475. The van der Waals surface area contributed by atoms with E-state index >= 15 is 0 Å². The standard InChI is InChI=1S/C14H14BrNOS/c15-14-8-11-12(5-2-6-13(11)18-14)16-9-3-1-4-10(17)7-9/h1,3-4,7-8,12,16-17H,2,5-6H2. The molecule has 1 atom stereocenters. The zero-order chi connectivity index (χ0) is 12.5. The van der Waals surface area contributed by atoms with E-state index in [9.17, 15) is 5.11 Å². The molecule has 1 aliphatic carbocycles. The summed E-state index contributed by atoms with van der Waals surface area (Å²) in [6.45, 7) is 0. The number of hydrogen-bond donors (Lipinski definition) is 2. The zero-order valence-electron chi connectivity index (χ0n) is 9.82. The molecule has 0 radical (unpaired) electrons. The van der Waals surface area contributed by atoms with Crippen molar-refractivity contribution in [3.8, 4) is 5.75 Å². The van der Waals surface area contributed by atoms with Crippen LogP contribution in [0.1, 0.15) is 29.3 Å². The van der Waals surface area contributed by atoms with Gasteiger partial charge >= 0.3 is 0 Å². The molecule has 2 nitrogen and oxygen atoms in total. The van der Waals surface area contributed by atoms with E-state index in [2.05, 4.69) is 27.3 Å². The fourth-order valence-electron chi connectivity index (χ4n) is 2.47. The molecular weight excluding hydrogens is 310 g/mol. The highest BCUT2D eigenvalue weighted by atomic mass is 79.9. The van der Waals surface area contributed by atoms with Crippen molar-refractivity contribution in [1.29, 1.82) is 0 Å². The summed E-state index contributed by atoms with van der Waals surface area (Å²) < 4.78 is 1.21. The van der Waals surface area contributed by atoms with Crippen LogP contribution in [0.4, 0.5) is 5.69 Å². The summed E-state index contributed by atoms with van der Waals surface area (Å²) in [6.07, 6.45) is 3.55. The number of anilines is 1. The first-order valence-corrected chi connectivity index (χ1v) is 7.67. The van der Waals surface area contributed by atoms with Crippen molar-refractivity contribution >= 4 is 33.0 Å². The van der Waals surface area contributed by atoms with Crippen molar-refractivity contribution in [2.24, 2.45) is 0 Å². The first kappa shape index (κ1) is 12.1. The molecule has 0 saturated heterocycles. The highest BCUT2D eigenvalue weighted by Crippen LogP contribution is 2.39. The molecule has 0 amide bonds. The average Bonchev–Trinajstić information content (AvgIpc) is 2.71. The van der Waals surface area contributed by atoms with E-state index in [1.165, 1.54) is 27.1 Å². The molecule has 0 aliphatic heterocycles. The van der Waals surface area contributed by atoms with Crippen LogP contribution in [0.2, 0.25) is 0 Å². The number of rotatable bonds is 2. The van der Waals surface area contributed by atoms with Crippen LogP contribution in [0.25, 0.3) is 0 Å². The average molecular weight is 324 g/mol. The van der Waals surface area contributed by atoms with Crippen LogP contribution in [-0.2, 0) is 6.42 Å². The molecule has 1 aliphatic rings. The van der Waals surface area contributed by atoms with E-state index in [4.69, 9.17) is 0 Å². The highest BCUT2D eigenvalue weighted by Gasteiger charge is 2.22. The second-order valence-electron chi connectivity index (χ2n) is 4.57. The smallest absolute Gasteiger partial charge is 0.117 e. The number of hydrogen-bond acceptors (Lipinski definition) is 3. The van der Waals surface area contributed by atoms with Crippen LogP contribution in [0, 0.1) is 0 Å². The molecule has 3 rings (SSSR count). The molecule has 1 heterocycles. The third-order valence-electron chi connectivity index (χ3n) is 3.27. The van der Waals surface area contributed by atoms with E-state index in [-0.39, 0.29) is 0 Å². The normalized spacial score (nSPS) is 18.4.